The van der Waals surface area contributed by atoms with Crippen LogP contribution in [0.15, 0.2) is 21.9 Å². The standard InChI is InChI=1S/C9H8F3N3O2/c1-14-3-2-7(16)15(8(14)17)5-6(4-13)9(10,11)12/h2-3,6H,5H2,1H3. The van der Waals surface area contributed by atoms with Crippen molar-refractivity contribution < 1.29 is 13.2 Å². The molecule has 0 amide bonds. The lowest BCUT2D eigenvalue weighted by Crippen LogP contribution is -2.41. The lowest BCUT2D eigenvalue weighted by atomic mass is 10.1. The van der Waals surface area contributed by atoms with E-state index >= 15 is 0 Å². The molecule has 0 aliphatic heterocycles. The minimum Gasteiger partial charge on any atom is -0.303 e. The first kappa shape index (κ1) is 13.0. The Morgan fingerprint density at radius 1 is 1.47 bits per heavy atom. The fourth-order valence-electron chi connectivity index (χ4n) is 1.18. The van der Waals surface area contributed by atoms with Gasteiger partial charge in [0.05, 0.1) is 12.6 Å². The first-order chi connectivity index (χ1) is 7.77. The molecule has 8 heteroatoms. The third-order valence-electron chi connectivity index (χ3n) is 2.16. The number of nitrogens with zero attached hydrogens (tertiary/aromatic N) is 3. The van der Waals surface area contributed by atoms with Crippen LogP contribution in [0.2, 0.25) is 0 Å². The molecule has 0 radical (unpaired) electrons. The van der Waals surface area contributed by atoms with Crippen LogP contribution in [-0.4, -0.2) is 15.3 Å². The Morgan fingerprint density at radius 3 is 2.53 bits per heavy atom. The zero-order valence-electron chi connectivity index (χ0n) is 8.73. The Labute approximate surface area is 93.3 Å². The molecule has 0 saturated carbocycles. The zero-order valence-corrected chi connectivity index (χ0v) is 8.73. The normalized spacial score (nSPS) is 13.1. The number of aromatic nitrogens is 2. The number of nitriles is 1. The predicted octanol–water partition coefficient (Wildman–Crippen LogP) is 0.249. The smallest absolute Gasteiger partial charge is 0.303 e. The van der Waals surface area contributed by atoms with Gasteiger partial charge in [0.15, 0.2) is 5.92 Å². The summed E-state index contributed by atoms with van der Waals surface area (Å²) < 4.78 is 38.3. The Morgan fingerprint density at radius 2 is 2.06 bits per heavy atom. The molecule has 17 heavy (non-hydrogen) atoms. The molecule has 1 atom stereocenters. The molecular formula is C9H8F3N3O2. The maximum Gasteiger partial charge on any atom is 0.406 e. The minimum atomic E-state index is -4.77. The summed E-state index contributed by atoms with van der Waals surface area (Å²) in [4.78, 5) is 22.7. The highest BCUT2D eigenvalue weighted by molar-refractivity contribution is 4.92. The molecule has 92 valence electrons. The summed E-state index contributed by atoms with van der Waals surface area (Å²) in [6.07, 6.45) is -3.62. The van der Waals surface area contributed by atoms with Crippen molar-refractivity contribution in [1.29, 1.82) is 5.26 Å². The minimum absolute atomic E-state index is 0.390. The predicted molar refractivity (Wildman–Crippen MR) is 51.1 cm³/mol. The molecule has 1 unspecified atom stereocenters. The first-order valence-corrected chi connectivity index (χ1v) is 4.50. The number of hydrogen-bond donors (Lipinski definition) is 0. The van der Waals surface area contributed by atoms with E-state index in [4.69, 9.17) is 5.26 Å². The van der Waals surface area contributed by atoms with Gasteiger partial charge in [0, 0.05) is 19.3 Å². The van der Waals surface area contributed by atoms with E-state index in [1.54, 1.807) is 0 Å². The molecule has 0 fully saturated rings. The van der Waals surface area contributed by atoms with Crippen LogP contribution in [0.3, 0.4) is 0 Å². The summed E-state index contributed by atoms with van der Waals surface area (Å²) >= 11 is 0. The summed E-state index contributed by atoms with van der Waals surface area (Å²) in [5.41, 5.74) is -1.75. The van der Waals surface area contributed by atoms with Gasteiger partial charge >= 0.3 is 11.9 Å². The third kappa shape index (κ3) is 2.75. The molecule has 1 aromatic heterocycles. The van der Waals surface area contributed by atoms with E-state index in [0.717, 1.165) is 22.9 Å². The summed E-state index contributed by atoms with van der Waals surface area (Å²) in [6, 6.07) is 2.00. The topological polar surface area (TPSA) is 67.8 Å². The fourth-order valence-corrected chi connectivity index (χ4v) is 1.18. The van der Waals surface area contributed by atoms with Crippen LogP contribution in [0.1, 0.15) is 0 Å². The van der Waals surface area contributed by atoms with Crippen molar-refractivity contribution in [2.45, 2.75) is 12.7 Å². The van der Waals surface area contributed by atoms with Crippen molar-refractivity contribution in [2.24, 2.45) is 13.0 Å². The SMILES string of the molecule is Cn1ccc(=O)n(CC(C#N)C(F)(F)F)c1=O. The molecule has 0 aromatic carbocycles. The number of hydrogen-bond acceptors (Lipinski definition) is 3. The third-order valence-corrected chi connectivity index (χ3v) is 2.16. The van der Waals surface area contributed by atoms with Gasteiger partial charge in [-0.25, -0.2) is 4.79 Å². The Kier molecular flexibility index (Phi) is 3.41. The van der Waals surface area contributed by atoms with Crippen LogP contribution < -0.4 is 11.2 Å². The largest absolute Gasteiger partial charge is 0.406 e. The van der Waals surface area contributed by atoms with E-state index in [-0.39, 0.29) is 0 Å². The molecule has 0 spiro atoms. The van der Waals surface area contributed by atoms with E-state index < -0.39 is 29.9 Å². The van der Waals surface area contributed by atoms with E-state index in [9.17, 15) is 22.8 Å². The maximum atomic E-state index is 12.3. The molecule has 0 bridgehead atoms. The summed E-state index contributed by atoms with van der Waals surface area (Å²) in [6.45, 7) is -0.994. The Balaban J connectivity index is 3.21. The van der Waals surface area contributed by atoms with Crippen LogP contribution in [0.5, 0.6) is 0 Å². The summed E-state index contributed by atoms with van der Waals surface area (Å²) in [5.74, 6) is -2.38. The lowest BCUT2D eigenvalue weighted by molar-refractivity contribution is -0.162. The monoisotopic (exact) mass is 247 g/mol. The summed E-state index contributed by atoms with van der Waals surface area (Å²) in [5, 5.41) is 8.38. The van der Waals surface area contributed by atoms with Crippen molar-refractivity contribution in [1.82, 2.24) is 9.13 Å². The fraction of sp³-hybridized carbons (Fsp3) is 0.444. The van der Waals surface area contributed by atoms with Crippen molar-refractivity contribution in [3.63, 3.8) is 0 Å². The molecule has 0 N–H and O–H groups in total. The number of alkyl halides is 3. The van der Waals surface area contributed by atoms with Gasteiger partial charge in [0.25, 0.3) is 5.56 Å². The van der Waals surface area contributed by atoms with Crippen LogP contribution in [0.25, 0.3) is 0 Å². The van der Waals surface area contributed by atoms with Crippen LogP contribution in [0.4, 0.5) is 13.2 Å². The Bertz CT molecular complexity index is 565. The molecule has 0 aliphatic rings. The van der Waals surface area contributed by atoms with Gasteiger partial charge in [-0.1, -0.05) is 0 Å². The second kappa shape index (κ2) is 4.45. The highest BCUT2D eigenvalue weighted by atomic mass is 19.4. The Hall–Kier alpha value is -2.04. The second-order valence-electron chi connectivity index (χ2n) is 3.38. The molecule has 0 aliphatic carbocycles. The van der Waals surface area contributed by atoms with Gasteiger partial charge in [-0.3, -0.25) is 9.36 Å². The van der Waals surface area contributed by atoms with Crippen LogP contribution >= 0.6 is 0 Å². The van der Waals surface area contributed by atoms with Gasteiger partial charge in [0.2, 0.25) is 0 Å². The average Bonchev–Trinajstić information content (AvgIpc) is 2.22. The van der Waals surface area contributed by atoms with Gasteiger partial charge in [-0.2, -0.15) is 18.4 Å². The van der Waals surface area contributed by atoms with Gasteiger partial charge in [-0.15, -0.1) is 0 Å². The number of aryl methyl sites for hydroxylation is 1. The van der Waals surface area contributed by atoms with Gasteiger partial charge in [0.1, 0.15) is 0 Å². The first-order valence-electron chi connectivity index (χ1n) is 4.50. The highest BCUT2D eigenvalue weighted by Crippen LogP contribution is 2.26. The average molecular weight is 247 g/mol. The van der Waals surface area contributed by atoms with Crippen LogP contribution in [0, 0.1) is 17.2 Å². The summed E-state index contributed by atoms with van der Waals surface area (Å²) in [7, 11) is 1.30. The molecular weight excluding hydrogens is 239 g/mol. The van der Waals surface area contributed by atoms with E-state index in [1.165, 1.54) is 7.05 Å². The van der Waals surface area contributed by atoms with Crippen molar-refractivity contribution in [2.75, 3.05) is 0 Å². The lowest BCUT2D eigenvalue weighted by Gasteiger charge is -2.14. The molecule has 1 heterocycles. The van der Waals surface area contributed by atoms with Gasteiger partial charge < -0.3 is 4.57 Å². The molecule has 5 nitrogen and oxygen atoms in total. The molecule has 0 saturated heterocycles. The van der Waals surface area contributed by atoms with Gasteiger partial charge in [-0.05, 0) is 0 Å². The zero-order chi connectivity index (χ0) is 13.2. The number of halogens is 3. The second-order valence-corrected chi connectivity index (χ2v) is 3.38. The molecule has 1 rings (SSSR count). The van der Waals surface area contributed by atoms with E-state index in [1.807, 2.05) is 0 Å². The highest BCUT2D eigenvalue weighted by Gasteiger charge is 2.40. The van der Waals surface area contributed by atoms with Crippen molar-refractivity contribution >= 4 is 0 Å². The van der Waals surface area contributed by atoms with Crippen molar-refractivity contribution in [3.8, 4) is 6.07 Å². The quantitative estimate of drug-likeness (QED) is 0.752. The number of rotatable bonds is 2. The molecule has 1 aromatic rings. The van der Waals surface area contributed by atoms with E-state index in [0.29, 0.717) is 4.57 Å². The van der Waals surface area contributed by atoms with Crippen LogP contribution in [-0.2, 0) is 13.6 Å². The maximum absolute atomic E-state index is 12.3. The van der Waals surface area contributed by atoms with E-state index in [2.05, 4.69) is 0 Å². The van der Waals surface area contributed by atoms with Crippen molar-refractivity contribution in [3.05, 3.63) is 33.1 Å².